The molecule has 1 unspecified atom stereocenters. The van der Waals surface area contributed by atoms with Gasteiger partial charge in [-0.1, -0.05) is 12.1 Å². The molecule has 0 radical (unpaired) electrons. The standard InChI is InChI=1S/C18H16F2N2O3S/c1-12-11-18(25-26(23,24)17-9-7-16(20)8-10-17)22(21-12)13(2)14-3-5-15(19)6-4-14/h3-11,13H,1-2H3. The van der Waals surface area contributed by atoms with Crippen LogP contribution in [0.2, 0.25) is 0 Å². The minimum atomic E-state index is -4.15. The van der Waals surface area contributed by atoms with E-state index in [1.54, 1.807) is 26.0 Å². The third-order valence-electron chi connectivity index (χ3n) is 3.84. The highest BCUT2D eigenvalue weighted by Crippen LogP contribution is 2.27. The summed E-state index contributed by atoms with van der Waals surface area (Å²) in [5.41, 5.74) is 1.29. The van der Waals surface area contributed by atoms with Crippen molar-refractivity contribution in [3.63, 3.8) is 0 Å². The van der Waals surface area contributed by atoms with Crippen molar-refractivity contribution < 1.29 is 21.4 Å². The summed E-state index contributed by atoms with van der Waals surface area (Å²) in [6.45, 7) is 3.49. The molecular weight excluding hydrogens is 362 g/mol. The predicted octanol–water partition coefficient (Wildman–Crippen LogP) is 3.85. The van der Waals surface area contributed by atoms with Crippen LogP contribution in [0.1, 0.15) is 24.2 Å². The van der Waals surface area contributed by atoms with Gasteiger partial charge in [0.05, 0.1) is 11.7 Å². The summed E-state index contributed by atoms with van der Waals surface area (Å²) in [6.07, 6.45) is 0. The molecule has 0 aliphatic rings. The molecule has 136 valence electrons. The molecule has 1 atom stereocenters. The lowest BCUT2D eigenvalue weighted by Gasteiger charge is -2.16. The fourth-order valence-electron chi connectivity index (χ4n) is 2.48. The molecule has 0 fully saturated rings. The lowest BCUT2D eigenvalue weighted by molar-refractivity contribution is 0.425. The van der Waals surface area contributed by atoms with Gasteiger partial charge in [-0.3, -0.25) is 0 Å². The molecule has 5 nitrogen and oxygen atoms in total. The number of aryl methyl sites for hydroxylation is 1. The summed E-state index contributed by atoms with van der Waals surface area (Å²) in [5, 5.41) is 4.27. The maximum absolute atomic E-state index is 13.1. The SMILES string of the molecule is Cc1cc(OS(=O)(=O)c2ccc(F)cc2)n(C(C)c2ccc(F)cc2)n1. The molecule has 1 aromatic heterocycles. The van der Waals surface area contributed by atoms with Gasteiger partial charge in [0.1, 0.15) is 16.5 Å². The Morgan fingerprint density at radius 2 is 1.54 bits per heavy atom. The van der Waals surface area contributed by atoms with Crippen molar-refractivity contribution in [3.8, 4) is 5.88 Å². The number of nitrogens with zero attached hydrogens (tertiary/aromatic N) is 2. The first-order valence-electron chi connectivity index (χ1n) is 7.78. The van der Waals surface area contributed by atoms with Crippen LogP contribution in [-0.2, 0) is 10.1 Å². The fourth-order valence-corrected chi connectivity index (χ4v) is 3.39. The number of rotatable bonds is 5. The number of halogens is 2. The van der Waals surface area contributed by atoms with E-state index in [-0.39, 0.29) is 22.6 Å². The van der Waals surface area contributed by atoms with Crippen molar-refractivity contribution in [2.45, 2.75) is 24.8 Å². The minimum Gasteiger partial charge on any atom is -0.358 e. The number of aromatic nitrogens is 2. The van der Waals surface area contributed by atoms with Gasteiger partial charge < -0.3 is 4.18 Å². The molecule has 0 aliphatic carbocycles. The normalized spacial score (nSPS) is 12.8. The van der Waals surface area contributed by atoms with Crippen LogP contribution in [0.3, 0.4) is 0 Å². The molecule has 0 amide bonds. The van der Waals surface area contributed by atoms with Crippen molar-refractivity contribution in [2.75, 3.05) is 0 Å². The van der Waals surface area contributed by atoms with Crippen molar-refractivity contribution in [2.24, 2.45) is 0 Å². The van der Waals surface area contributed by atoms with Gasteiger partial charge in [0.15, 0.2) is 0 Å². The molecule has 0 saturated heterocycles. The van der Waals surface area contributed by atoms with E-state index in [1.807, 2.05) is 0 Å². The van der Waals surface area contributed by atoms with Gasteiger partial charge in [-0.05, 0) is 55.8 Å². The van der Waals surface area contributed by atoms with Crippen LogP contribution in [0.4, 0.5) is 8.78 Å². The Hall–Kier alpha value is -2.74. The molecule has 1 heterocycles. The van der Waals surface area contributed by atoms with E-state index < -0.39 is 15.9 Å². The van der Waals surface area contributed by atoms with Crippen LogP contribution in [0.5, 0.6) is 5.88 Å². The second kappa shape index (κ2) is 6.87. The summed E-state index contributed by atoms with van der Waals surface area (Å²) in [5.74, 6) is -0.897. The van der Waals surface area contributed by atoms with Crippen LogP contribution < -0.4 is 4.18 Å². The molecule has 0 spiro atoms. The predicted molar refractivity (Wildman–Crippen MR) is 91.4 cm³/mol. The molecule has 0 bridgehead atoms. The van der Waals surface area contributed by atoms with Gasteiger partial charge in [0.2, 0.25) is 5.88 Å². The first kappa shape index (κ1) is 18.1. The largest absolute Gasteiger partial charge is 0.358 e. The van der Waals surface area contributed by atoms with Crippen molar-refractivity contribution >= 4 is 10.1 Å². The second-order valence-electron chi connectivity index (χ2n) is 5.79. The van der Waals surface area contributed by atoms with E-state index in [9.17, 15) is 17.2 Å². The zero-order valence-corrected chi connectivity index (χ0v) is 14.9. The highest BCUT2D eigenvalue weighted by Gasteiger charge is 2.22. The molecule has 3 aromatic rings. The van der Waals surface area contributed by atoms with E-state index in [4.69, 9.17) is 4.18 Å². The lowest BCUT2D eigenvalue weighted by atomic mass is 10.1. The first-order valence-corrected chi connectivity index (χ1v) is 9.19. The molecular formula is C18H16F2N2O3S. The van der Waals surface area contributed by atoms with Gasteiger partial charge in [-0.15, -0.1) is 0 Å². The van der Waals surface area contributed by atoms with Crippen LogP contribution in [0, 0.1) is 18.6 Å². The number of hydrogen-bond donors (Lipinski definition) is 0. The molecule has 8 heteroatoms. The third-order valence-corrected chi connectivity index (χ3v) is 5.08. The molecule has 0 N–H and O–H groups in total. The van der Waals surface area contributed by atoms with Gasteiger partial charge >= 0.3 is 10.1 Å². The molecule has 0 saturated carbocycles. The summed E-state index contributed by atoms with van der Waals surface area (Å²) in [7, 11) is -4.15. The van der Waals surface area contributed by atoms with Crippen LogP contribution in [0.25, 0.3) is 0 Å². The van der Waals surface area contributed by atoms with E-state index in [1.165, 1.54) is 22.9 Å². The van der Waals surface area contributed by atoms with Gasteiger partial charge in [-0.25, -0.2) is 13.5 Å². The van der Waals surface area contributed by atoms with Gasteiger partial charge in [0.25, 0.3) is 0 Å². The molecule has 0 aliphatic heterocycles. The summed E-state index contributed by atoms with van der Waals surface area (Å²) < 4.78 is 57.7. The lowest BCUT2D eigenvalue weighted by Crippen LogP contribution is -2.16. The average molecular weight is 378 g/mol. The molecule has 26 heavy (non-hydrogen) atoms. The Morgan fingerprint density at radius 3 is 2.12 bits per heavy atom. The average Bonchev–Trinajstić information content (AvgIpc) is 2.95. The maximum atomic E-state index is 13.1. The Morgan fingerprint density at radius 1 is 1.00 bits per heavy atom. The Kier molecular flexibility index (Phi) is 4.78. The summed E-state index contributed by atoms with van der Waals surface area (Å²) in [4.78, 5) is -0.168. The monoisotopic (exact) mass is 378 g/mol. The van der Waals surface area contributed by atoms with Crippen LogP contribution in [0.15, 0.2) is 59.5 Å². The van der Waals surface area contributed by atoms with Crippen molar-refractivity contribution in [1.82, 2.24) is 9.78 Å². The van der Waals surface area contributed by atoms with Crippen LogP contribution in [-0.4, -0.2) is 18.2 Å². The van der Waals surface area contributed by atoms with E-state index in [0.717, 1.165) is 29.8 Å². The Labute approximate surface area is 150 Å². The molecule has 2 aromatic carbocycles. The van der Waals surface area contributed by atoms with Crippen molar-refractivity contribution in [3.05, 3.63) is 77.5 Å². The first-order chi connectivity index (χ1) is 12.3. The number of benzene rings is 2. The maximum Gasteiger partial charge on any atom is 0.340 e. The van der Waals surface area contributed by atoms with E-state index in [0.29, 0.717) is 5.69 Å². The second-order valence-corrected chi connectivity index (χ2v) is 7.33. The Balaban J connectivity index is 1.94. The minimum absolute atomic E-state index is 0.0173. The Bertz CT molecular complexity index is 1010. The van der Waals surface area contributed by atoms with E-state index >= 15 is 0 Å². The third kappa shape index (κ3) is 3.75. The van der Waals surface area contributed by atoms with Gasteiger partial charge in [0, 0.05) is 6.07 Å². The highest BCUT2D eigenvalue weighted by atomic mass is 32.2. The van der Waals surface area contributed by atoms with Crippen LogP contribution >= 0.6 is 0 Å². The van der Waals surface area contributed by atoms with Crippen molar-refractivity contribution in [1.29, 1.82) is 0 Å². The molecule has 3 rings (SSSR count). The quantitative estimate of drug-likeness (QED) is 0.633. The van der Waals surface area contributed by atoms with Gasteiger partial charge in [-0.2, -0.15) is 13.5 Å². The topological polar surface area (TPSA) is 61.2 Å². The number of hydrogen-bond acceptors (Lipinski definition) is 4. The smallest absolute Gasteiger partial charge is 0.340 e. The zero-order chi connectivity index (χ0) is 18.9. The highest BCUT2D eigenvalue weighted by molar-refractivity contribution is 7.87. The summed E-state index contributed by atoms with van der Waals surface area (Å²) in [6, 6.07) is 11.3. The van der Waals surface area contributed by atoms with E-state index in [2.05, 4.69) is 5.10 Å². The fraction of sp³-hybridized carbons (Fsp3) is 0.167. The summed E-state index contributed by atoms with van der Waals surface area (Å²) >= 11 is 0. The zero-order valence-electron chi connectivity index (χ0n) is 14.1.